The Bertz CT molecular complexity index is 1100. The van der Waals surface area contributed by atoms with Gasteiger partial charge in [0.25, 0.3) is 0 Å². The summed E-state index contributed by atoms with van der Waals surface area (Å²) in [4.78, 5) is 10.8. The number of hydrogen-bond acceptors (Lipinski definition) is 7. The first-order valence-corrected chi connectivity index (χ1v) is 12.1. The van der Waals surface area contributed by atoms with Crippen LogP contribution in [0.5, 0.6) is 5.75 Å². The molecule has 1 saturated heterocycles. The number of aromatic nitrogens is 2. The monoisotopic (exact) mass is 487 g/mol. The van der Waals surface area contributed by atoms with E-state index >= 15 is 0 Å². The van der Waals surface area contributed by atoms with Crippen molar-refractivity contribution < 1.29 is 4.74 Å². The number of rotatable bonds is 6. The molecule has 1 atom stereocenters. The second-order valence-corrected chi connectivity index (χ2v) is 9.44. The van der Waals surface area contributed by atoms with E-state index in [0.29, 0.717) is 38.2 Å². The summed E-state index contributed by atoms with van der Waals surface area (Å²) >= 11 is 14.5. The zero-order valence-corrected chi connectivity index (χ0v) is 19.8. The van der Waals surface area contributed by atoms with E-state index in [9.17, 15) is 0 Å². The molecule has 0 radical (unpaired) electrons. The van der Waals surface area contributed by atoms with Crippen molar-refractivity contribution in [3.63, 3.8) is 0 Å². The molecule has 1 aliphatic rings. The molecule has 0 saturated carbocycles. The fourth-order valence-electron chi connectivity index (χ4n) is 3.57. The van der Waals surface area contributed by atoms with Crippen LogP contribution in [0.1, 0.15) is 29.7 Å². The molecule has 1 fully saturated rings. The topological polar surface area (TPSA) is 88.1 Å². The Morgan fingerprint density at radius 3 is 2.50 bits per heavy atom. The molecule has 0 amide bonds. The first-order chi connectivity index (χ1) is 15.4. The predicted octanol–water partition coefficient (Wildman–Crippen LogP) is 5.47. The van der Waals surface area contributed by atoms with Gasteiger partial charge in [0.15, 0.2) is 0 Å². The van der Waals surface area contributed by atoms with E-state index in [-0.39, 0.29) is 5.71 Å². The second-order valence-electron chi connectivity index (χ2n) is 7.41. The number of benzene rings is 1. The summed E-state index contributed by atoms with van der Waals surface area (Å²) in [5.41, 5.74) is 8.89. The molecule has 2 aromatic heterocycles. The van der Waals surface area contributed by atoms with Crippen molar-refractivity contribution in [3.8, 4) is 5.75 Å². The summed E-state index contributed by atoms with van der Waals surface area (Å²) < 4.78 is 6.07. The number of nitrogens with two attached hydrogens (primary N) is 1. The van der Waals surface area contributed by atoms with Crippen molar-refractivity contribution in [2.75, 3.05) is 35.2 Å². The fraction of sp³-hybridized carbons (Fsp3) is 0.261. The normalized spacial score (nSPS) is 14.8. The van der Waals surface area contributed by atoms with Crippen LogP contribution in [0.15, 0.2) is 48.9 Å². The van der Waals surface area contributed by atoms with Crippen molar-refractivity contribution in [2.45, 2.75) is 13.0 Å². The van der Waals surface area contributed by atoms with Crippen LogP contribution < -0.4 is 15.4 Å². The Morgan fingerprint density at radius 1 is 1.12 bits per heavy atom. The number of halogens is 2. The van der Waals surface area contributed by atoms with Crippen LogP contribution in [0.3, 0.4) is 0 Å². The molecule has 0 spiro atoms. The van der Waals surface area contributed by atoms with Crippen LogP contribution >= 0.6 is 35.0 Å². The molecule has 1 unspecified atom stereocenters. The highest BCUT2D eigenvalue weighted by molar-refractivity contribution is 7.99. The lowest BCUT2D eigenvalue weighted by Crippen LogP contribution is -2.33. The standard InChI is InChI=1S/C23H23Cl2N5OS/c1-14(22-18(24)12-28-13-19(22)25)31-16-3-4-20(26)17(10-16)23(27)15-2-5-21(29-11-15)30-6-8-32-9-7-30/h2-5,10-14,27H,6-9,26H2,1H3. The number of nitrogens with zero attached hydrogens (tertiary/aromatic N) is 3. The molecule has 0 bridgehead atoms. The summed E-state index contributed by atoms with van der Waals surface area (Å²) in [6.07, 6.45) is 4.39. The van der Waals surface area contributed by atoms with Crippen LogP contribution in [0.2, 0.25) is 10.0 Å². The van der Waals surface area contributed by atoms with E-state index in [4.69, 9.17) is 39.1 Å². The molecule has 4 rings (SSSR count). The van der Waals surface area contributed by atoms with E-state index in [1.54, 1.807) is 24.4 Å². The average Bonchev–Trinajstić information content (AvgIpc) is 2.80. The number of ether oxygens (including phenoxy) is 1. The average molecular weight is 488 g/mol. The number of nitrogen functional groups attached to an aromatic ring is 1. The summed E-state index contributed by atoms with van der Waals surface area (Å²) in [5, 5.41) is 9.57. The maximum Gasteiger partial charge on any atom is 0.128 e. The zero-order chi connectivity index (χ0) is 22.7. The summed E-state index contributed by atoms with van der Waals surface area (Å²) in [7, 11) is 0. The summed E-state index contributed by atoms with van der Waals surface area (Å²) in [5.74, 6) is 3.71. The number of hydrogen-bond donors (Lipinski definition) is 2. The number of anilines is 2. The fourth-order valence-corrected chi connectivity index (χ4v) is 5.14. The first-order valence-electron chi connectivity index (χ1n) is 10.2. The van der Waals surface area contributed by atoms with Crippen LogP contribution in [-0.4, -0.2) is 40.3 Å². The van der Waals surface area contributed by atoms with Crippen molar-refractivity contribution in [1.29, 1.82) is 5.41 Å². The van der Waals surface area contributed by atoms with Crippen LogP contribution in [-0.2, 0) is 0 Å². The van der Waals surface area contributed by atoms with E-state index in [0.717, 1.165) is 30.4 Å². The molecular weight excluding hydrogens is 465 g/mol. The van der Waals surface area contributed by atoms with E-state index < -0.39 is 6.10 Å². The smallest absolute Gasteiger partial charge is 0.128 e. The molecular formula is C23H23Cl2N5OS. The van der Waals surface area contributed by atoms with Gasteiger partial charge in [0.1, 0.15) is 17.7 Å². The second kappa shape index (κ2) is 9.98. The van der Waals surface area contributed by atoms with Gasteiger partial charge in [-0.05, 0) is 37.3 Å². The highest BCUT2D eigenvalue weighted by Gasteiger charge is 2.18. The molecule has 166 valence electrons. The van der Waals surface area contributed by atoms with E-state index in [1.165, 1.54) is 12.4 Å². The van der Waals surface area contributed by atoms with Crippen molar-refractivity contribution in [1.82, 2.24) is 9.97 Å². The third-order valence-corrected chi connectivity index (χ3v) is 6.82. The lowest BCUT2D eigenvalue weighted by atomic mass is 10.0. The highest BCUT2D eigenvalue weighted by Crippen LogP contribution is 2.33. The lowest BCUT2D eigenvalue weighted by molar-refractivity contribution is 0.227. The molecule has 1 aromatic carbocycles. The highest BCUT2D eigenvalue weighted by atomic mass is 35.5. The first kappa shape index (κ1) is 22.7. The van der Waals surface area contributed by atoms with Crippen LogP contribution in [0.4, 0.5) is 11.5 Å². The maximum absolute atomic E-state index is 8.69. The molecule has 3 aromatic rings. The molecule has 32 heavy (non-hydrogen) atoms. The Labute approximate surface area is 201 Å². The van der Waals surface area contributed by atoms with E-state index in [1.807, 2.05) is 30.8 Å². The van der Waals surface area contributed by atoms with Gasteiger partial charge >= 0.3 is 0 Å². The number of nitrogens with one attached hydrogen (secondary N) is 1. The Morgan fingerprint density at radius 2 is 1.84 bits per heavy atom. The van der Waals surface area contributed by atoms with Gasteiger partial charge < -0.3 is 15.4 Å². The quantitative estimate of drug-likeness (QED) is 0.353. The van der Waals surface area contributed by atoms with Crippen molar-refractivity contribution in [2.24, 2.45) is 0 Å². The Hall–Kier alpha value is -2.48. The largest absolute Gasteiger partial charge is 0.486 e. The zero-order valence-electron chi connectivity index (χ0n) is 17.5. The summed E-state index contributed by atoms with van der Waals surface area (Å²) in [6.45, 7) is 3.84. The van der Waals surface area contributed by atoms with Gasteiger partial charge in [-0.2, -0.15) is 11.8 Å². The Kier molecular flexibility index (Phi) is 7.08. The third kappa shape index (κ3) is 4.95. The molecule has 0 aliphatic carbocycles. The van der Waals surface area contributed by atoms with Crippen molar-refractivity contribution in [3.05, 3.63) is 75.7 Å². The SMILES string of the molecule is CC(Oc1ccc(N)c(C(=N)c2ccc(N3CCSCC3)nc2)c1)c1c(Cl)cncc1Cl. The molecule has 1 aliphatic heterocycles. The third-order valence-electron chi connectivity index (χ3n) is 5.28. The Balaban J connectivity index is 1.54. The number of thioether (sulfide) groups is 1. The van der Waals surface area contributed by atoms with Crippen LogP contribution in [0.25, 0.3) is 0 Å². The van der Waals surface area contributed by atoms with Gasteiger partial charge in [0.05, 0.1) is 15.8 Å². The van der Waals surface area contributed by atoms with Gasteiger partial charge in [0.2, 0.25) is 0 Å². The van der Waals surface area contributed by atoms with Crippen LogP contribution in [0, 0.1) is 5.41 Å². The van der Waals surface area contributed by atoms with Gasteiger partial charge in [-0.25, -0.2) is 4.98 Å². The minimum absolute atomic E-state index is 0.286. The molecule has 6 nitrogen and oxygen atoms in total. The van der Waals surface area contributed by atoms with Gasteiger partial charge in [0, 0.05) is 65.6 Å². The maximum atomic E-state index is 8.69. The minimum atomic E-state index is -0.410. The molecule has 3 N–H and O–H groups in total. The summed E-state index contributed by atoms with van der Waals surface area (Å²) in [6, 6.07) is 9.13. The predicted molar refractivity (Wildman–Crippen MR) is 134 cm³/mol. The minimum Gasteiger partial charge on any atom is -0.486 e. The van der Waals surface area contributed by atoms with Gasteiger partial charge in [-0.1, -0.05) is 23.2 Å². The lowest BCUT2D eigenvalue weighted by Gasteiger charge is -2.27. The molecule has 9 heteroatoms. The molecule has 3 heterocycles. The van der Waals surface area contributed by atoms with Gasteiger partial charge in [-0.3, -0.25) is 10.4 Å². The van der Waals surface area contributed by atoms with E-state index in [2.05, 4.69) is 14.9 Å². The van der Waals surface area contributed by atoms with Gasteiger partial charge in [-0.15, -0.1) is 0 Å². The number of pyridine rings is 2. The van der Waals surface area contributed by atoms with Crippen molar-refractivity contribution >= 4 is 52.2 Å².